The molecule has 1 aliphatic heterocycles. The number of piperidine rings is 1. The lowest BCUT2D eigenvalue weighted by atomic mass is 9.91. The Balaban J connectivity index is 1.49. The fraction of sp³-hybridized carbons (Fsp3) is 0.435. The third-order valence-corrected chi connectivity index (χ3v) is 6.22. The van der Waals surface area contributed by atoms with Crippen LogP contribution in [0.25, 0.3) is 10.9 Å². The summed E-state index contributed by atoms with van der Waals surface area (Å²) < 4.78 is 10.8. The molecule has 31 heavy (non-hydrogen) atoms. The van der Waals surface area contributed by atoms with Gasteiger partial charge >= 0.3 is 0 Å². The molecule has 0 radical (unpaired) electrons. The van der Waals surface area contributed by atoms with Gasteiger partial charge in [-0.1, -0.05) is 0 Å². The lowest BCUT2D eigenvalue weighted by Gasteiger charge is -2.32. The average molecular weight is 424 g/mol. The second-order valence-electron chi connectivity index (χ2n) is 8.11. The normalized spacial score (nSPS) is 14.8. The number of aryl methyl sites for hydroxylation is 2. The van der Waals surface area contributed by atoms with Gasteiger partial charge in [0.15, 0.2) is 11.5 Å². The smallest absolute Gasteiger partial charge is 0.227 e. The number of nitrogen functional groups attached to an aromatic ring is 1. The van der Waals surface area contributed by atoms with E-state index in [1.54, 1.807) is 14.2 Å². The van der Waals surface area contributed by atoms with Gasteiger partial charge in [0.25, 0.3) is 0 Å². The number of nitrogens with two attached hydrogens (primary N) is 1. The maximum atomic E-state index is 12.8. The minimum atomic E-state index is 0.141. The number of ether oxygens (including phenoxy) is 2. The number of pyridine rings is 1. The number of benzene rings is 1. The summed E-state index contributed by atoms with van der Waals surface area (Å²) in [6.07, 6.45) is 2.06. The number of amides is 1. The van der Waals surface area contributed by atoms with Crippen LogP contribution in [-0.4, -0.2) is 53.3 Å². The van der Waals surface area contributed by atoms with Gasteiger partial charge in [-0.2, -0.15) is 5.10 Å². The molecule has 0 saturated carbocycles. The topological polar surface area (TPSA) is 106 Å². The highest BCUT2D eigenvalue weighted by Gasteiger charge is 2.27. The number of fused-ring (bicyclic) bond motifs is 1. The Bertz CT molecular complexity index is 1100. The molecule has 1 saturated heterocycles. The van der Waals surface area contributed by atoms with Crippen LogP contribution in [0.5, 0.6) is 11.5 Å². The summed E-state index contributed by atoms with van der Waals surface area (Å²) in [4.78, 5) is 19.6. The third-order valence-electron chi connectivity index (χ3n) is 6.22. The van der Waals surface area contributed by atoms with Crippen LogP contribution in [0.4, 0.5) is 5.69 Å². The van der Waals surface area contributed by atoms with Crippen molar-refractivity contribution in [3.8, 4) is 11.5 Å². The molecule has 8 nitrogen and oxygen atoms in total. The number of hydrogen-bond acceptors (Lipinski definition) is 6. The van der Waals surface area contributed by atoms with Crippen molar-refractivity contribution in [2.75, 3.05) is 33.0 Å². The second-order valence-corrected chi connectivity index (χ2v) is 8.11. The molecular formula is C23H29N5O3. The highest BCUT2D eigenvalue weighted by Crippen LogP contribution is 2.36. The molecule has 3 aromatic rings. The van der Waals surface area contributed by atoms with Gasteiger partial charge in [-0.15, -0.1) is 0 Å². The lowest BCUT2D eigenvalue weighted by molar-refractivity contribution is -0.131. The van der Waals surface area contributed by atoms with Crippen molar-refractivity contribution in [3.05, 3.63) is 40.8 Å². The summed E-state index contributed by atoms with van der Waals surface area (Å²) in [7, 11) is 3.22. The van der Waals surface area contributed by atoms with E-state index in [0.29, 0.717) is 36.7 Å². The van der Waals surface area contributed by atoms with E-state index in [4.69, 9.17) is 20.2 Å². The third kappa shape index (κ3) is 4.02. The molecule has 8 heteroatoms. The predicted octanol–water partition coefficient (Wildman–Crippen LogP) is 3.12. The SMILES string of the molecule is COc1cc2cc(N)c(C3CCN(C(=O)Cc4c(C)n[nH]c4C)CC3)nc2cc1OC. The number of rotatable bonds is 5. The van der Waals surface area contributed by atoms with E-state index in [-0.39, 0.29) is 11.8 Å². The minimum Gasteiger partial charge on any atom is -0.493 e. The van der Waals surface area contributed by atoms with Crippen LogP contribution in [0, 0.1) is 13.8 Å². The highest BCUT2D eigenvalue weighted by molar-refractivity contribution is 5.86. The summed E-state index contributed by atoms with van der Waals surface area (Å²) >= 11 is 0. The number of carbonyl (C=O) groups is 1. The van der Waals surface area contributed by atoms with Crippen molar-refractivity contribution in [1.82, 2.24) is 20.1 Å². The minimum absolute atomic E-state index is 0.141. The van der Waals surface area contributed by atoms with E-state index in [1.165, 1.54) is 0 Å². The first-order valence-electron chi connectivity index (χ1n) is 10.5. The maximum absolute atomic E-state index is 12.8. The first-order valence-corrected chi connectivity index (χ1v) is 10.5. The van der Waals surface area contributed by atoms with Gasteiger partial charge in [0.05, 0.1) is 43.2 Å². The molecule has 0 atom stereocenters. The van der Waals surface area contributed by atoms with Gasteiger partial charge in [-0.25, -0.2) is 0 Å². The molecule has 1 aliphatic rings. The fourth-order valence-electron chi connectivity index (χ4n) is 4.36. The lowest BCUT2D eigenvalue weighted by Crippen LogP contribution is -2.39. The van der Waals surface area contributed by atoms with E-state index >= 15 is 0 Å². The van der Waals surface area contributed by atoms with E-state index in [0.717, 1.165) is 46.4 Å². The van der Waals surface area contributed by atoms with Crippen molar-refractivity contribution in [1.29, 1.82) is 0 Å². The Morgan fingerprint density at radius 1 is 1.16 bits per heavy atom. The number of carbonyl (C=O) groups excluding carboxylic acids is 1. The highest BCUT2D eigenvalue weighted by atomic mass is 16.5. The number of likely N-dealkylation sites (tertiary alicyclic amines) is 1. The van der Waals surface area contributed by atoms with Gasteiger partial charge in [-0.05, 0) is 38.8 Å². The first-order chi connectivity index (χ1) is 14.9. The standard InChI is InChI=1S/C23H29N5O3/c1-13-17(14(2)27-26-13)11-22(29)28-7-5-15(6-8-28)23-18(24)9-16-10-20(30-3)21(31-4)12-19(16)25-23/h9-10,12,15H,5-8,11,24H2,1-4H3,(H,26,27). The largest absolute Gasteiger partial charge is 0.493 e. The van der Waals surface area contributed by atoms with Crippen LogP contribution in [0.1, 0.15) is 41.4 Å². The van der Waals surface area contributed by atoms with Gasteiger partial charge in [0, 0.05) is 41.7 Å². The number of aromatic amines is 1. The number of methoxy groups -OCH3 is 2. The Kier molecular flexibility index (Phi) is 5.71. The van der Waals surface area contributed by atoms with Gasteiger partial charge < -0.3 is 20.1 Å². The summed E-state index contributed by atoms with van der Waals surface area (Å²) in [5.41, 5.74) is 11.6. The number of nitrogens with one attached hydrogen (secondary N) is 1. The first kappa shape index (κ1) is 21.0. The van der Waals surface area contributed by atoms with Crippen LogP contribution in [0.2, 0.25) is 0 Å². The molecule has 0 unspecified atom stereocenters. The van der Waals surface area contributed by atoms with E-state index in [1.807, 2.05) is 36.9 Å². The number of nitrogens with zero attached hydrogens (tertiary/aromatic N) is 3. The van der Waals surface area contributed by atoms with Gasteiger partial charge in [0.2, 0.25) is 5.91 Å². The molecule has 0 aliphatic carbocycles. The van der Waals surface area contributed by atoms with Gasteiger partial charge in [-0.3, -0.25) is 14.9 Å². The number of anilines is 1. The van der Waals surface area contributed by atoms with Crippen molar-refractivity contribution in [2.24, 2.45) is 0 Å². The van der Waals surface area contributed by atoms with E-state index < -0.39 is 0 Å². The summed E-state index contributed by atoms with van der Waals surface area (Å²) in [6, 6.07) is 5.72. The molecule has 4 rings (SSSR count). The summed E-state index contributed by atoms with van der Waals surface area (Å²) in [5.74, 6) is 1.66. The fourth-order valence-corrected chi connectivity index (χ4v) is 4.36. The zero-order chi connectivity index (χ0) is 22.1. The van der Waals surface area contributed by atoms with Crippen molar-refractivity contribution in [3.63, 3.8) is 0 Å². The molecule has 3 N–H and O–H groups in total. The van der Waals surface area contributed by atoms with Crippen LogP contribution in [0.3, 0.4) is 0 Å². The van der Waals surface area contributed by atoms with Crippen LogP contribution in [0.15, 0.2) is 18.2 Å². The number of aromatic nitrogens is 3. The Morgan fingerprint density at radius 3 is 2.45 bits per heavy atom. The zero-order valence-corrected chi connectivity index (χ0v) is 18.5. The molecule has 0 spiro atoms. The summed E-state index contributed by atoms with van der Waals surface area (Å²) in [6.45, 7) is 5.28. The number of H-pyrrole nitrogens is 1. The van der Waals surface area contributed by atoms with Gasteiger partial charge in [0.1, 0.15) is 0 Å². The van der Waals surface area contributed by atoms with Crippen LogP contribution in [-0.2, 0) is 11.2 Å². The Hall–Kier alpha value is -3.29. The van der Waals surface area contributed by atoms with Crippen molar-refractivity contribution in [2.45, 2.75) is 39.0 Å². The van der Waals surface area contributed by atoms with Crippen LogP contribution >= 0.6 is 0 Å². The van der Waals surface area contributed by atoms with E-state index in [9.17, 15) is 4.79 Å². The van der Waals surface area contributed by atoms with E-state index in [2.05, 4.69) is 10.2 Å². The van der Waals surface area contributed by atoms with Crippen LogP contribution < -0.4 is 15.2 Å². The average Bonchev–Trinajstić information content (AvgIpc) is 3.09. The molecule has 1 aromatic carbocycles. The monoisotopic (exact) mass is 423 g/mol. The maximum Gasteiger partial charge on any atom is 0.227 e. The quantitative estimate of drug-likeness (QED) is 0.653. The molecule has 3 heterocycles. The molecule has 1 fully saturated rings. The molecule has 164 valence electrons. The zero-order valence-electron chi connectivity index (χ0n) is 18.5. The molecule has 2 aromatic heterocycles. The van der Waals surface area contributed by atoms with Crippen molar-refractivity contribution < 1.29 is 14.3 Å². The Morgan fingerprint density at radius 2 is 1.84 bits per heavy atom. The molecule has 1 amide bonds. The molecule has 0 bridgehead atoms. The predicted molar refractivity (Wildman–Crippen MR) is 120 cm³/mol. The summed E-state index contributed by atoms with van der Waals surface area (Å²) in [5, 5.41) is 8.05. The number of hydrogen-bond donors (Lipinski definition) is 2. The molecular weight excluding hydrogens is 394 g/mol. The van der Waals surface area contributed by atoms with Crippen molar-refractivity contribution >= 4 is 22.5 Å². The Labute approximate surface area is 181 Å². The second kappa shape index (κ2) is 8.45.